The first-order valence-electron chi connectivity index (χ1n) is 16.6. The van der Waals surface area contributed by atoms with Gasteiger partial charge in [0.15, 0.2) is 16.6 Å². The van der Waals surface area contributed by atoms with Crippen molar-refractivity contribution in [1.29, 1.82) is 0 Å². The maximum Gasteiger partial charge on any atom is 0.192 e. The number of ketones is 1. The van der Waals surface area contributed by atoms with Crippen LogP contribution in [0.2, 0.25) is 36.3 Å². The van der Waals surface area contributed by atoms with E-state index in [0.717, 1.165) is 51.9 Å². The first-order chi connectivity index (χ1) is 18.2. The Morgan fingerprint density at radius 2 is 1.50 bits per heavy atom. The Hall–Kier alpha value is -0.0162. The number of hydrogen-bond acceptors (Lipinski definition) is 4. The van der Waals surface area contributed by atoms with Crippen molar-refractivity contribution in [3.05, 3.63) is 0 Å². The molecule has 0 radical (unpaired) electrons. The molecule has 0 unspecified atom stereocenters. The lowest BCUT2D eigenvalue weighted by Gasteiger charge is -2.72. The molecule has 4 aliphatic carbocycles. The highest BCUT2D eigenvalue weighted by Crippen LogP contribution is 2.74. The molecule has 1 aliphatic heterocycles. The van der Waals surface area contributed by atoms with Crippen molar-refractivity contribution in [2.45, 2.75) is 149 Å². The van der Waals surface area contributed by atoms with E-state index in [4.69, 9.17) is 13.6 Å². The summed E-state index contributed by atoms with van der Waals surface area (Å²) in [5.41, 5.74) is 0.0860. The largest absolute Gasteiger partial charge is 0.416 e. The van der Waals surface area contributed by atoms with E-state index in [0.29, 0.717) is 23.5 Å². The zero-order chi connectivity index (χ0) is 29.8. The highest BCUT2D eigenvalue weighted by atomic mass is 28.4. The van der Waals surface area contributed by atoms with E-state index >= 15 is 0 Å². The Kier molecular flexibility index (Phi) is 7.45. The summed E-state index contributed by atoms with van der Waals surface area (Å²) in [4.78, 5) is 13.4. The smallest absolute Gasteiger partial charge is 0.192 e. The fourth-order valence-corrected chi connectivity index (χ4v) is 12.7. The molecule has 1 heterocycles. The van der Waals surface area contributed by atoms with Crippen molar-refractivity contribution in [2.24, 2.45) is 39.4 Å². The molecular formula is C34H62O4Si2. The minimum absolute atomic E-state index is 0.00917. The van der Waals surface area contributed by atoms with Gasteiger partial charge in [-0.2, -0.15) is 0 Å². The van der Waals surface area contributed by atoms with Crippen LogP contribution in [0.4, 0.5) is 0 Å². The third-order valence-electron chi connectivity index (χ3n) is 14.6. The number of ether oxygens (including phenoxy) is 1. The van der Waals surface area contributed by atoms with Crippen molar-refractivity contribution in [3.63, 3.8) is 0 Å². The fourth-order valence-electron chi connectivity index (χ4n) is 10.2. The Balaban J connectivity index is 1.59. The normalized spacial score (nSPS) is 44.1. The Labute approximate surface area is 248 Å². The van der Waals surface area contributed by atoms with Crippen molar-refractivity contribution in [3.8, 4) is 0 Å². The number of rotatable bonds is 5. The van der Waals surface area contributed by atoms with Crippen molar-refractivity contribution in [2.75, 3.05) is 19.8 Å². The number of carbonyl (C=O) groups excluding carboxylic acids is 1. The van der Waals surface area contributed by atoms with E-state index in [2.05, 4.69) is 81.6 Å². The zero-order valence-corrected chi connectivity index (χ0v) is 30.2. The van der Waals surface area contributed by atoms with E-state index in [1.165, 1.54) is 19.3 Å². The minimum Gasteiger partial charge on any atom is -0.416 e. The molecule has 6 heteroatoms. The lowest BCUT2D eigenvalue weighted by atomic mass is 9.35. The average Bonchev–Trinajstić information content (AvgIpc) is 3.11. The summed E-state index contributed by atoms with van der Waals surface area (Å²) in [5, 5.41) is 0.360. The van der Waals surface area contributed by atoms with Gasteiger partial charge in [-0.05, 0) is 98.0 Å². The van der Waals surface area contributed by atoms with Gasteiger partial charge in [0.05, 0.1) is 19.3 Å². The summed E-state index contributed by atoms with van der Waals surface area (Å²) in [6.45, 7) is 31.4. The minimum atomic E-state index is -2.03. The molecular weight excluding hydrogens is 529 g/mol. The number of carbonyl (C=O) groups is 1. The predicted molar refractivity (Wildman–Crippen MR) is 170 cm³/mol. The van der Waals surface area contributed by atoms with Crippen LogP contribution in [-0.4, -0.2) is 48.3 Å². The first kappa shape index (κ1) is 31.4. The van der Waals surface area contributed by atoms with Crippen LogP contribution in [0.25, 0.3) is 0 Å². The van der Waals surface area contributed by atoms with Crippen molar-refractivity contribution >= 4 is 22.4 Å². The van der Waals surface area contributed by atoms with Gasteiger partial charge in [0.25, 0.3) is 0 Å². The SMILES string of the molecule is CC(C)(C)[Si](C)(C)OC[C@@]12CCC[C@]3(COC1)[C@H]1CC[C@@]4(C)C(=O)CC[C@H]4[C@]1(C)[C@@H](O[Si](C)(C)C(C)(C)C)C[C@@H]23. The lowest BCUT2D eigenvalue weighted by Crippen LogP contribution is -2.72. The van der Waals surface area contributed by atoms with Crippen LogP contribution in [-0.2, 0) is 18.4 Å². The van der Waals surface area contributed by atoms with Gasteiger partial charge in [-0.3, -0.25) is 4.79 Å². The summed E-state index contributed by atoms with van der Waals surface area (Å²) in [7, 11) is -3.93. The van der Waals surface area contributed by atoms with Crippen LogP contribution >= 0.6 is 0 Å². The molecule has 4 nitrogen and oxygen atoms in total. The standard InChI is InChI=1S/C34H62O4Si2/c1-29(2,3)39(9,10)37-22-33-17-13-18-34(23-36-21-33)25-16-19-31(7)24(14-15-27(31)35)32(25,8)28(20-26(33)34)38-40(11,12)30(4,5)6/h24-26,28H,13-23H2,1-12H3/t24-,25+,26+,28+,31-,32+,33-,34+/m1/s1. The molecule has 5 fully saturated rings. The summed E-state index contributed by atoms with van der Waals surface area (Å²) in [5.74, 6) is 2.05. The lowest BCUT2D eigenvalue weighted by molar-refractivity contribution is -0.288. The second-order valence-corrected chi connectivity index (χ2v) is 28.1. The average molecular weight is 591 g/mol. The summed E-state index contributed by atoms with van der Waals surface area (Å²) in [6, 6.07) is 0. The third-order valence-corrected chi connectivity index (χ3v) is 23.6. The van der Waals surface area contributed by atoms with Crippen LogP contribution in [0.5, 0.6) is 0 Å². The van der Waals surface area contributed by atoms with E-state index in [1.54, 1.807) is 0 Å². The predicted octanol–water partition coefficient (Wildman–Crippen LogP) is 9.01. The first-order valence-corrected chi connectivity index (χ1v) is 22.4. The zero-order valence-electron chi connectivity index (χ0n) is 28.2. The highest BCUT2D eigenvalue weighted by Gasteiger charge is 2.73. The second kappa shape index (κ2) is 9.49. The number of hydrogen-bond donors (Lipinski definition) is 0. The van der Waals surface area contributed by atoms with E-state index < -0.39 is 16.6 Å². The number of fused-ring (bicyclic) bond motifs is 3. The molecule has 4 saturated carbocycles. The Morgan fingerprint density at radius 3 is 2.12 bits per heavy atom. The van der Waals surface area contributed by atoms with Crippen molar-refractivity contribution < 1.29 is 18.4 Å². The van der Waals surface area contributed by atoms with Gasteiger partial charge in [0.1, 0.15) is 5.78 Å². The van der Waals surface area contributed by atoms with Gasteiger partial charge in [-0.1, -0.05) is 61.8 Å². The van der Waals surface area contributed by atoms with Crippen LogP contribution in [0.15, 0.2) is 0 Å². The fraction of sp³-hybridized carbons (Fsp3) is 0.971. The maximum atomic E-state index is 13.4. The van der Waals surface area contributed by atoms with Crippen molar-refractivity contribution in [1.82, 2.24) is 0 Å². The van der Waals surface area contributed by atoms with Gasteiger partial charge in [-0.25, -0.2) is 0 Å². The van der Waals surface area contributed by atoms with E-state index in [-0.39, 0.29) is 37.8 Å². The molecule has 0 aromatic heterocycles. The molecule has 1 saturated heterocycles. The monoisotopic (exact) mass is 590 g/mol. The molecule has 230 valence electrons. The van der Waals surface area contributed by atoms with E-state index in [9.17, 15) is 4.79 Å². The molecule has 5 rings (SSSR count). The molecule has 0 N–H and O–H groups in total. The van der Waals surface area contributed by atoms with Crippen LogP contribution in [0.1, 0.15) is 107 Å². The molecule has 0 amide bonds. The van der Waals surface area contributed by atoms with Gasteiger partial charge in [0, 0.05) is 29.3 Å². The molecule has 5 aliphatic rings. The quantitative estimate of drug-likeness (QED) is 0.300. The number of Topliss-reactive ketones (excluding diaryl/α,β-unsaturated/α-hetero) is 1. The van der Waals surface area contributed by atoms with E-state index in [1.807, 2.05) is 0 Å². The van der Waals surface area contributed by atoms with Gasteiger partial charge in [-0.15, -0.1) is 0 Å². The summed E-state index contributed by atoms with van der Waals surface area (Å²) >= 11 is 0. The molecule has 40 heavy (non-hydrogen) atoms. The van der Waals surface area contributed by atoms with Gasteiger partial charge < -0.3 is 13.6 Å². The maximum absolute atomic E-state index is 13.4. The second-order valence-electron chi connectivity index (χ2n) is 18.5. The molecule has 0 aromatic carbocycles. The summed E-state index contributed by atoms with van der Waals surface area (Å²) < 4.78 is 21.4. The van der Waals surface area contributed by atoms with Crippen LogP contribution in [0.3, 0.4) is 0 Å². The topological polar surface area (TPSA) is 44.8 Å². The third kappa shape index (κ3) is 4.37. The molecule has 0 aromatic rings. The Morgan fingerprint density at radius 1 is 0.850 bits per heavy atom. The molecule has 8 atom stereocenters. The van der Waals surface area contributed by atoms with Gasteiger partial charge in [0.2, 0.25) is 0 Å². The van der Waals surface area contributed by atoms with Crippen LogP contribution in [0, 0.1) is 39.4 Å². The van der Waals surface area contributed by atoms with Gasteiger partial charge >= 0.3 is 0 Å². The van der Waals surface area contributed by atoms with Crippen LogP contribution < -0.4 is 0 Å². The summed E-state index contributed by atoms with van der Waals surface area (Å²) in [6.07, 6.45) is 9.07. The molecule has 0 spiro atoms. The molecule has 2 bridgehead atoms. The Bertz CT molecular complexity index is 996. The highest BCUT2D eigenvalue weighted by molar-refractivity contribution is 6.74.